The molecule has 3 N–H and O–H groups in total. The highest BCUT2D eigenvalue weighted by atomic mass is 32.2. The first kappa shape index (κ1) is 44.2. The van der Waals surface area contributed by atoms with Crippen molar-refractivity contribution < 1.29 is 27.9 Å². The Bertz CT molecular complexity index is 999. The van der Waals surface area contributed by atoms with Crippen molar-refractivity contribution in [2.45, 2.75) is 77.7 Å². The lowest BCUT2D eigenvalue weighted by molar-refractivity contribution is -0.121. The SMILES string of the molecule is CC.CC(=O)NCC(F)F.CCN(CCOC)CC(=O)N(C)c1cccc(NC)c1.CCNC(=O)C(CC)SC1CCC1C#N. The summed E-state index contributed by atoms with van der Waals surface area (Å²) in [6.07, 6.45) is 0.475. The molecule has 0 saturated heterocycles. The van der Waals surface area contributed by atoms with Crippen LogP contribution in [0.15, 0.2) is 24.3 Å². The minimum absolute atomic E-state index is 0.0195. The Hall–Kier alpha value is -2.95. The molecule has 45 heavy (non-hydrogen) atoms. The van der Waals surface area contributed by atoms with E-state index in [0.717, 1.165) is 43.7 Å². The molecule has 0 aromatic heterocycles. The van der Waals surface area contributed by atoms with Gasteiger partial charge in [-0.15, -0.1) is 11.8 Å². The van der Waals surface area contributed by atoms with E-state index in [2.05, 4.69) is 21.6 Å². The zero-order valence-electron chi connectivity index (χ0n) is 28.6. The van der Waals surface area contributed by atoms with Gasteiger partial charge in [0.2, 0.25) is 17.7 Å². The van der Waals surface area contributed by atoms with Gasteiger partial charge in [-0.2, -0.15) is 5.26 Å². The number of benzene rings is 1. The van der Waals surface area contributed by atoms with E-state index in [1.165, 1.54) is 6.92 Å². The fourth-order valence-corrected chi connectivity index (χ4v) is 5.20. The van der Waals surface area contributed by atoms with E-state index in [-0.39, 0.29) is 23.0 Å². The van der Waals surface area contributed by atoms with Crippen molar-refractivity contribution in [2.24, 2.45) is 5.92 Å². The van der Waals surface area contributed by atoms with Gasteiger partial charge < -0.3 is 25.6 Å². The second-order valence-corrected chi connectivity index (χ2v) is 11.2. The first-order valence-electron chi connectivity index (χ1n) is 15.6. The average Bonchev–Trinajstić information content (AvgIpc) is 3.03. The summed E-state index contributed by atoms with van der Waals surface area (Å²) in [6, 6.07) is 10.1. The van der Waals surface area contributed by atoms with Crippen LogP contribution < -0.4 is 20.9 Å². The normalized spacial score (nSPS) is 15.3. The number of hydrogen-bond acceptors (Lipinski definition) is 8. The maximum atomic E-state index is 12.3. The Labute approximate surface area is 274 Å². The smallest absolute Gasteiger partial charge is 0.255 e. The van der Waals surface area contributed by atoms with E-state index in [4.69, 9.17) is 10.00 Å². The number of nitrogens with one attached hydrogen (secondary N) is 3. The monoisotopic (exact) mass is 658 g/mol. The maximum absolute atomic E-state index is 12.3. The van der Waals surface area contributed by atoms with Crippen LogP contribution in [-0.2, 0) is 19.1 Å². The van der Waals surface area contributed by atoms with Gasteiger partial charge >= 0.3 is 0 Å². The standard InChI is InChI=1S/C15H25N3O2.C11H18N2OS.C4H7F2NO.C2H6/c1-5-18(9-10-20-4)12-15(19)17(3)14-8-6-7-13(11-14)16-2;1-3-9(11(14)13-4-2)15-10-6-5-8(10)7-12;1-3(8)7-2-4(5)6;1-2/h6-8,11,16H,5,9-10,12H2,1-4H3;8-10H,3-6H2,1-2H3,(H,13,14);4H,2H2,1H3,(H,7,8);1-2H3. The van der Waals surface area contributed by atoms with E-state index in [1.54, 1.807) is 30.8 Å². The average molecular weight is 659 g/mol. The van der Waals surface area contributed by atoms with Crippen LogP contribution in [0.4, 0.5) is 20.2 Å². The lowest BCUT2D eigenvalue weighted by atomic mass is 9.86. The summed E-state index contributed by atoms with van der Waals surface area (Å²) in [5.41, 5.74) is 1.89. The van der Waals surface area contributed by atoms with Crippen LogP contribution in [0.5, 0.6) is 0 Å². The molecule has 0 heterocycles. The molecule has 10 nitrogen and oxygen atoms in total. The molecule has 1 fully saturated rings. The van der Waals surface area contributed by atoms with Crippen LogP contribution in [0.25, 0.3) is 0 Å². The second kappa shape index (κ2) is 27.4. The largest absolute Gasteiger partial charge is 0.388 e. The number of rotatable bonds is 15. The first-order chi connectivity index (χ1) is 21.5. The third-order valence-electron chi connectivity index (χ3n) is 6.55. The molecule has 13 heteroatoms. The topological polar surface area (TPSA) is 127 Å². The molecule has 3 atom stereocenters. The number of thioether (sulfide) groups is 1. The number of likely N-dealkylation sites (N-methyl/N-ethyl adjacent to an activating group) is 2. The summed E-state index contributed by atoms with van der Waals surface area (Å²) in [4.78, 5) is 37.6. The fraction of sp³-hybridized carbons (Fsp3) is 0.688. The maximum Gasteiger partial charge on any atom is 0.255 e. The summed E-state index contributed by atoms with van der Waals surface area (Å²) in [5.74, 6) is -0.0615. The van der Waals surface area contributed by atoms with Gasteiger partial charge in [0, 0.05) is 57.8 Å². The molecule has 3 amide bonds. The number of hydrogen-bond donors (Lipinski definition) is 3. The lowest BCUT2D eigenvalue weighted by Gasteiger charge is -2.33. The Morgan fingerprint density at radius 3 is 2.24 bits per heavy atom. The van der Waals surface area contributed by atoms with Crippen LogP contribution in [0.1, 0.15) is 60.8 Å². The summed E-state index contributed by atoms with van der Waals surface area (Å²) in [6.45, 7) is 14.0. The lowest BCUT2D eigenvalue weighted by Crippen LogP contribution is -2.39. The van der Waals surface area contributed by atoms with Gasteiger partial charge in [0.15, 0.2) is 0 Å². The van der Waals surface area contributed by atoms with Crippen molar-refractivity contribution in [1.82, 2.24) is 15.5 Å². The molecule has 0 bridgehead atoms. The van der Waals surface area contributed by atoms with Crippen LogP contribution in [0.3, 0.4) is 0 Å². The highest BCUT2D eigenvalue weighted by molar-refractivity contribution is 8.01. The Kier molecular flexibility index (Phi) is 26.9. The van der Waals surface area contributed by atoms with Crippen molar-refractivity contribution in [2.75, 3.05) is 70.8 Å². The fourth-order valence-electron chi connectivity index (χ4n) is 3.72. The van der Waals surface area contributed by atoms with Gasteiger partial charge in [-0.1, -0.05) is 33.8 Å². The highest BCUT2D eigenvalue weighted by Gasteiger charge is 2.34. The molecule has 1 saturated carbocycles. The Balaban J connectivity index is 0. The number of nitrogens with zero attached hydrogens (tertiary/aromatic N) is 3. The molecule has 3 unspecified atom stereocenters. The van der Waals surface area contributed by atoms with Gasteiger partial charge in [0.25, 0.3) is 6.43 Å². The quantitative estimate of drug-likeness (QED) is 0.240. The molecule has 0 aliphatic heterocycles. The van der Waals surface area contributed by atoms with Crippen LogP contribution in [0, 0.1) is 17.2 Å². The van der Waals surface area contributed by atoms with E-state index in [9.17, 15) is 23.2 Å². The van der Waals surface area contributed by atoms with Crippen LogP contribution in [-0.4, -0.2) is 100 Å². The number of ether oxygens (including phenoxy) is 1. The molecule has 0 radical (unpaired) electrons. The molecule has 258 valence electrons. The summed E-state index contributed by atoms with van der Waals surface area (Å²) >= 11 is 1.68. The number of nitriles is 1. The molecule has 2 rings (SSSR count). The predicted octanol–water partition coefficient (Wildman–Crippen LogP) is 5.01. The number of alkyl halides is 2. The molecule has 1 aromatic carbocycles. The van der Waals surface area contributed by atoms with Crippen LogP contribution in [0.2, 0.25) is 0 Å². The van der Waals surface area contributed by atoms with Gasteiger partial charge in [-0.05, 0) is 50.9 Å². The minimum Gasteiger partial charge on any atom is -0.388 e. The van der Waals surface area contributed by atoms with Gasteiger partial charge in [0.1, 0.15) is 0 Å². The van der Waals surface area contributed by atoms with E-state index in [1.807, 2.05) is 71.2 Å². The Morgan fingerprint density at radius 1 is 1.16 bits per heavy atom. The molecular weight excluding hydrogens is 602 g/mol. The first-order valence-corrected chi connectivity index (χ1v) is 16.5. The van der Waals surface area contributed by atoms with E-state index < -0.39 is 18.9 Å². The minimum atomic E-state index is -2.45. The molecule has 0 spiro atoms. The van der Waals surface area contributed by atoms with Crippen molar-refractivity contribution >= 4 is 40.9 Å². The molecule has 1 aliphatic carbocycles. The number of carbonyl (C=O) groups is 3. The molecule has 1 aliphatic rings. The number of halogens is 2. The van der Waals surface area contributed by atoms with Gasteiger partial charge in [0.05, 0.1) is 36.9 Å². The number of methoxy groups -OCH3 is 1. The zero-order chi connectivity index (χ0) is 34.8. The zero-order valence-corrected chi connectivity index (χ0v) is 29.4. The number of carbonyl (C=O) groups excluding carboxylic acids is 3. The van der Waals surface area contributed by atoms with E-state index in [0.29, 0.717) is 24.9 Å². The van der Waals surface area contributed by atoms with Crippen molar-refractivity contribution in [1.29, 1.82) is 5.26 Å². The van der Waals surface area contributed by atoms with Gasteiger partial charge in [-0.25, -0.2) is 8.78 Å². The Morgan fingerprint density at radius 2 is 1.82 bits per heavy atom. The third-order valence-corrected chi connectivity index (χ3v) is 8.34. The summed E-state index contributed by atoms with van der Waals surface area (Å²) in [7, 11) is 5.34. The second-order valence-electron chi connectivity index (χ2n) is 9.72. The summed E-state index contributed by atoms with van der Waals surface area (Å²) in [5, 5.41) is 17.1. The number of amides is 3. The van der Waals surface area contributed by atoms with Crippen molar-refractivity contribution in [3.8, 4) is 6.07 Å². The van der Waals surface area contributed by atoms with Crippen molar-refractivity contribution in [3.63, 3.8) is 0 Å². The van der Waals surface area contributed by atoms with E-state index >= 15 is 0 Å². The van der Waals surface area contributed by atoms with Crippen molar-refractivity contribution in [3.05, 3.63) is 24.3 Å². The molecular formula is C32H56F2N6O4S. The predicted molar refractivity (Wildman–Crippen MR) is 182 cm³/mol. The summed E-state index contributed by atoms with van der Waals surface area (Å²) < 4.78 is 27.4. The van der Waals surface area contributed by atoms with Gasteiger partial charge in [-0.3, -0.25) is 19.3 Å². The molecule has 1 aromatic rings. The third kappa shape index (κ3) is 19.9. The highest BCUT2D eigenvalue weighted by Crippen LogP contribution is 2.39. The number of anilines is 2. The van der Waals surface area contributed by atoms with Crippen LogP contribution >= 0.6 is 11.8 Å².